The molecule has 0 aliphatic heterocycles. The molecule has 0 aliphatic carbocycles. The molecule has 0 spiro atoms. The molecule has 0 aliphatic rings. The number of hydrogen-bond donors (Lipinski definition) is 1. The highest BCUT2D eigenvalue weighted by atomic mass is 79.9. The molecule has 66 valence electrons. The number of aryl methyl sites for hydroxylation is 1. The van der Waals surface area contributed by atoms with Gasteiger partial charge in [-0.05, 0) is 24.5 Å². The molecule has 0 bridgehead atoms. The highest BCUT2D eigenvalue weighted by molar-refractivity contribution is 9.10. The first kappa shape index (κ1) is 9.71. The van der Waals surface area contributed by atoms with Gasteiger partial charge < -0.3 is 4.84 Å². The second-order valence-corrected chi connectivity index (χ2v) is 3.46. The molecule has 1 aromatic carbocycles. The lowest BCUT2D eigenvalue weighted by Gasteiger charge is -2.05. The molecule has 0 saturated carbocycles. The van der Waals surface area contributed by atoms with E-state index in [-0.39, 0.29) is 0 Å². The minimum absolute atomic E-state index is 0.558. The van der Waals surface area contributed by atoms with Gasteiger partial charge in [0.2, 0.25) is 0 Å². The predicted molar refractivity (Wildman–Crippen MR) is 52.7 cm³/mol. The Balaban J connectivity index is 2.78. The molecule has 0 saturated heterocycles. The van der Waals surface area contributed by atoms with E-state index in [1.165, 1.54) is 11.1 Å². The van der Waals surface area contributed by atoms with E-state index in [4.69, 9.17) is 5.90 Å². The summed E-state index contributed by atoms with van der Waals surface area (Å²) in [4.78, 5) is 4.52. The fraction of sp³-hybridized carbons (Fsp3) is 0.333. The molecular formula is C9H12BrNO. The summed E-state index contributed by atoms with van der Waals surface area (Å²) >= 11 is 3.51. The van der Waals surface area contributed by atoms with Gasteiger partial charge in [0.15, 0.2) is 0 Å². The average molecular weight is 230 g/mol. The van der Waals surface area contributed by atoms with Gasteiger partial charge in [0.1, 0.15) is 0 Å². The van der Waals surface area contributed by atoms with Crippen molar-refractivity contribution in [3.05, 3.63) is 33.8 Å². The Labute approximate surface area is 80.8 Å². The largest absolute Gasteiger partial charge is 0.304 e. The lowest BCUT2D eigenvalue weighted by atomic mass is 10.1. The SMILES string of the molecule is Cc1cccc(CCON)c1Br. The summed E-state index contributed by atoms with van der Waals surface area (Å²) in [5.41, 5.74) is 2.48. The maximum absolute atomic E-state index is 4.95. The van der Waals surface area contributed by atoms with E-state index < -0.39 is 0 Å². The molecule has 2 N–H and O–H groups in total. The van der Waals surface area contributed by atoms with Gasteiger partial charge >= 0.3 is 0 Å². The van der Waals surface area contributed by atoms with Crippen molar-refractivity contribution in [3.63, 3.8) is 0 Å². The lowest BCUT2D eigenvalue weighted by molar-refractivity contribution is 0.141. The van der Waals surface area contributed by atoms with Gasteiger partial charge in [-0.3, -0.25) is 0 Å². The molecule has 0 heterocycles. The van der Waals surface area contributed by atoms with Gasteiger partial charge in [0.25, 0.3) is 0 Å². The Morgan fingerprint density at radius 1 is 1.50 bits per heavy atom. The third-order valence-electron chi connectivity index (χ3n) is 1.76. The van der Waals surface area contributed by atoms with Crippen molar-refractivity contribution in [1.29, 1.82) is 0 Å². The molecule has 0 fully saturated rings. The van der Waals surface area contributed by atoms with Crippen LogP contribution < -0.4 is 5.90 Å². The van der Waals surface area contributed by atoms with Crippen molar-refractivity contribution < 1.29 is 4.84 Å². The fourth-order valence-corrected chi connectivity index (χ4v) is 1.53. The second kappa shape index (κ2) is 4.60. The molecule has 1 rings (SSSR count). The van der Waals surface area contributed by atoms with Crippen LogP contribution in [0.5, 0.6) is 0 Å². The Morgan fingerprint density at radius 3 is 2.92 bits per heavy atom. The van der Waals surface area contributed by atoms with Gasteiger partial charge in [0, 0.05) is 4.47 Å². The van der Waals surface area contributed by atoms with Crippen molar-refractivity contribution >= 4 is 15.9 Å². The number of halogens is 1. The van der Waals surface area contributed by atoms with E-state index >= 15 is 0 Å². The Bertz CT molecular complexity index is 263. The molecular weight excluding hydrogens is 218 g/mol. The fourth-order valence-electron chi connectivity index (χ4n) is 1.07. The Kier molecular flexibility index (Phi) is 3.72. The normalized spacial score (nSPS) is 10.2. The molecule has 0 atom stereocenters. The van der Waals surface area contributed by atoms with Crippen molar-refractivity contribution in [2.24, 2.45) is 5.90 Å². The van der Waals surface area contributed by atoms with E-state index in [9.17, 15) is 0 Å². The van der Waals surface area contributed by atoms with Crippen LogP contribution in [0.15, 0.2) is 22.7 Å². The van der Waals surface area contributed by atoms with Crippen LogP contribution in [-0.2, 0) is 11.3 Å². The summed E-state index contributed by atoms with van der Waals surface area (Å²) in [5.74, 6) is 4.95. The molecule has 0 radical (unpaired) electrons. The maximum atomic E-state index is 4.95. The van der Waals surface area contributed by atoms with E-state index in [1.807, 2.05) is 6.07 Å². The highest BCUT2D eigenvalue weighted by Gasteiger charge is 2.00. The first-order valence-corrected chi connectivity index (χ1v) is 4.60. The molecule has 1 aromatic rings. The molecule has 0 unspecified atom stereocenters. The predicted octanol–water partition coefficient (Wildman–Crippen LogP) is 2.19. The van der Waals surface area contributed by atoms with E-state index in [1.54, 1.807) is 0 Å². The van der Waals surface area contributed by atoms with E-state index in [0.717, 1.165) is 10.9 Å². The first-order chi connectivity index (χ1) is 5.75. The standard InChI is InChI=1S/C9H12BrNO/c1-7-3-2-4-8(9(7)10)5-6-12-11/h2-4H,5-6,11H2,1H3. The Morgan fingerprint density at radius 2 is 2.25 bits per heavy atom. The summed E-state index contributed by atoms with van der Waals surface area (Å²) in [5, 5.41) is 0. The summed E-state index contributed by atoms with van der Waals surface area (Å²) in [6, 6.07) is 6.17. The summed E-state index contributed by atoms with van der Waals surface area (Å²) < 4.78 is 1.15. The van der Waals surface area contributed by atoms with Crippen LogP contribution in [0.1, 0.15) is 11.1 Å². The summed E-state index contributed by atoms with van der Waals surface area (Å²) in [6.07, 6.45) is 0.846. The average Bonchev–Trinajstić information content (AvgIpc) is 2.08. The number of nitrogens with two attached hydrogens (primary N) is 1. The summed E-state index contributed by atoms with van der Waals surface area (Å²) in [6.45, 7) is 2.62. The number of hydrogen-bond acceptors (Lipinski definition) is 2. The minimum Gasteiger partial charge on any atom is -0.304 e. The topological polar surface area (TPSA) is 35.2 Å². The van der Waals surface area contributed by atoms with Crippen molar-refractivity contribution in [2.75, 3.05) is 6.61 Å². The van der Waals surface area contributed by atoms with Crippen LogP contribution in [0.2, 0.25) is 0 Å². The monoisotopic (exact) mass is 229 g/mol. The van der Waals surface area contributed by atoms with Gasteiger partial charge in [-0.25, -0.2) is 5.90 Å². The van der Waals surface area contributed by atoms with Crippen molar-refractivity contribution in [3.8, 4) is 0 Å². The van der Waals surface area contributed by atoms with Crippen LogP contribution in [0.3, 0.4) is 0 Å². The lowest BCUT2D eigenvalue weighted by Crippen LogP contribution is -2.04. The van der Waals surface area contributed by atoms with Crippen LogP contribution >= 0.6 is 15.9 Å². The third kappa shape index (κ3) is 2.30. The summed E-state index contributed by atoms with van der Waals surface area (Å²) in [7, 11) is 0. The zero-order valence-corrected chi connectivity index (χ0v) is 8.60. The van der Waals surface area contributed by atoms with Crippen molar-refractivity contribution in [2.45, 2.75) is 13.3 Å². The third-order valence-corrected chi connectivity index (χ3v) is 2.90. The maximum Gasteiger partial charge on any atom is 0.0720 e. The molecule has 3 heteroatoms. The smallest absolute Gasteiger partial charge is 0.0720 e. The van der Waals surface area contributed by atoms with Gasteiger partial charge in [-0.2, -0.15) is 0 Å². The highest BCUT2D eigenvalue weighted by Crippen LogP contribution is 2.21. The van der Waals surface area contributed by atoms with E-state index in [2.05, 4.69) is 39.8 Å². The van der Waals surface area contributed by atoms with E-state index in [0.29, 0.717) is 6.61 Å². The molecule has 0 amide bonds. The number of benzene rings is 1. The second-order valence-electron chi connectivity index (χ2n) is 2.67. The van der Waals surface area contributed by atoms with Gasteiger partial charge in [-0.1, -0.05) is 34.1 Å². The first-order valence-electron chi connectivity index (χ1n) is 3.81. The zero-order chi connectivity index (χ0) is 8.97. The van der Waals surface area contributed by atoms with Crippen molar-refractivity contribution in [1.82, 2.24) is 0 Å². The molecule has 2 nitrogen and oxygen atoms in total. The van der Waals surface area contributed by atoms with Crippen LogP contribution in [0.25, 0.3) is 0 Å². The van der Waals surface area contributed by atoms with Crippen LogP contribution in [-0.4, -0.2) is 6.61 Å². The Hall–Kier alpha value is -0.380. The quantitative estimate of drug-likeness (QED) is 0.808. The van der Waals surface area contributed by atoms with Gasteiger partial charge in [-0.15, -0.1) is 0 Å². The van der Waals surface area contributed by atoms with Gasteiger partial charge in [0.05, 0.1) is 6.61 Å². The number of rotatable bonds is 3. The molecule has 12 heavy (non-hydrogen) atoms. The van der Waals surface area contributed by atoms with Crippen LogP contribution in [0.4, 0.5) is 0 Å². The zero-order valence-electron chi connectivity index (χ0n) is 7.01. The van der Waals surface area contributed by atoms with Crippen LogP contribution in [0, 0.1) is 6.92 Å². The molecule has 0 aromatic heterocycles. The minimum atomic E-state index is 0.558.